The van der Waals surface area contributed by atoms with Gasteiger partial charge in [-0.15, -0.1) is 12.6 Å². The van der Waals surface area contributed by atoms with E-state index in [1.165, 1.54) is 4.57 Å². The lowest BCUT2D eigenvalue weighted by Gasteiger charge is -2.04. The van der Waals surface area contributed by atoms with Crippen LogP contribution in [0.25, 0.3) is 0 Å². The predicted octanol–water partition coefficient (Wildman–Crippen LogP) is 0.572. The summed E-state index contributed by atoms with van der Waals surface area (Å²) < 4.78 is 1.50. The molecule has 4 nitrogen and oxygen atoms in total. The first-order chi connectivity index (χ1) is 5.68. The summed E-state index contributed by atoms with van der Waals surface area (Å²) in [7, 11) is 0. The molecule has 0 amide bonds. The van der Waals surface area contributed by atoms with Gasteiger partial charge in [-0.3, -0.25) is 9.36 Å². The van der Waals surface area contributed by atoms with Crippen molar-refractivity contribution in [2.75, 3.05) is 0 Å². The molecule has 0 spiro atoms. The Balaban J connectivity index is 2.59. The highest BCUT2D eigenvalue weighted by atomic mass is 32.1. The fourth-order valence-corrected chi connectivity index (χ4v) is 1.51. The van der Waals surface area contributed by atoms with Gasteiger partial charge in [0.2, 0.25) is 5.88 Å². The van der Waals surface area contributed by atoms with Crippen molar-refractivity contribution in [3.63, 3.8) is 0 Å². The van der Waals surface area contributed by atoms with Gasteiger partial charge in [0.15, 0.2) is 5.16 Å². The molecule has 0 aromatic carbocycles. The molecule has 0 atom stereocenters. The molecular weight excluding hydrogens is 176 g/mol. The standard InChI is InChI=1S/C7H8N2O2S/c10-5-3-6(11)9(4-1-2-4)7(12)8-5/h3-4,10H,1-2H2,(H,8,12). The smallest absolute Gasteiger partial charge is 0.258 e. The van der Waals surface area contributed by atoms with Gasteiger partial charge in [0.05, 0.1) is 6.07 Å². The second-order valence-corrected chi connectivity index (χ2v) is 3.25. The van der Waals surface area contributed by atoms with Crippen LogP contribution in [0.5, 0.6) is 5.88 Å². The summed E-state index contributed by atoms with van der Waals surface area (Å²) in [5, 5.41) is 9.24. The lowest BCUT2D eigenvalue weighted by Crippen LogP contribution is -2.19. The quantitative estimate of drug-likeness (QED) is 0.495. The largest absolute Gasteiger partial charge is 0.493 e. The van der Waals surface area contributed by atoms with Gasteiger partial charge in [0.1, 0.15) is 0 Å². The van der Waals surface area contributed by atoms with Crippen LogP contribution in [0.3, 0.4) is 0 Å². The molecule has 0 unspecified atom stereocenters. The van der Waals surface area contributed by atoms with Gasteiger partial charge >= 0.3 is 0 Å². The van der Waals surface area contributed by atoms with E-state index in [2.05, 4.69) is 17.6 Å². The van der Waals surface area contributed by atoms with Crippen LogP contribution < -0.4 is 5.56 Å². The number of aromatic hydroxyl groups is 1. The van der Waals surface area contributed by atoms with Crippen LogP contribution in [0.4, 0.5) is 0 Å². The fraction of sp³-hybridized carbons (Fsp3) is 0.429. The number of aromatic nitrogens is 2. The minimum atomic E-state index is -0.262. The summed E-state index contributed by atoms with van der Waals surface area (Å²) in [5.74, 6) is -0.262. The maximum absolute atomic E-state index is 11.3. The van der Waals surface area contributed by atoms with Crippen molar-refractivity contribution in [3.05, 3.63) is 16.4 Å². The molecule has 1 aliphatic carbocycles. The van der Waals surface area contributed by atoms with E-state index in [1.807, 2.05) is 0 Å². The fourth-order valence-electron chi connectivity index (χ4n) is 1.14. The monoisotopic (exact) mass is 184 g/mol. The molecule has 1 fully saturated rings. The third-order valence-corrected chi connectivity index (χ3v) is 2.15. The summed E-state index contributed by atoms with van der Waals surface area (Å²) in [6, 6.07) is 1.36. The van der Waals surface area contributed by atoms with Crippen LogP contribution >= 0.6 is 12.6 Å². The molecule has 0 aliphatic heterocycles. The van der Waals surface area contributed by atoms with E-state index in [1.54, 1.807) is 0 Å². The number of hydrogen-bond acceptors (Lipinski definition) is 4. The van der Waals surface area contributed by atoms with E-state index in [-0.39, 0.29) is 17.5 Å². The third-order valence-electron chi connectivity index (χ3n) is 1.83. The first-order valence-corrected chi connectivity index (χ1v) is 4.15. The van der Waals surface area contributed by atoms with Crippen molar-refractivity contribution < 1.29 is 5.11 Å². The van der Waals surface area contributed by atoms with Crippen molar-refractivity contribution in [3.8, 4) is 5.88 Å². The summed E-state index contributed by atoms with van der Waals surface area (Å²) in [6.07, 6.45) is 2.00. The Hall–Kier alpha value is -0.970. The number of rotatable bonds is 1. The molecule has 0 bridgehead atoms. The highest BCUT2D eigenvalue weighted by Crippen LogP contribution is 2.34. The molecule has 5 heteroatoms. The van der Waals surface area contributed by atoms with Gasteiger partial charge in [-0.1, -0.05) is 0 Å². The molecule has 64 valence electrons. The van der Waals surface area contributed by atoms with Gasteiger partial charge in [-0.2, -0.15) is 4.98 Å². The summed E-state index contributed by atoms with van der Waals surface area (Å²) in [6.45, 7) is 0. The summed E-state index contributed by atoms with van der Waals surface area (Å²) in [5.41, 5.74) is -0.227. The molecular formula is C7H8N2O2S. The van der Waals surface area contributed by atoms with Gasteiger partial charge < -0.3 is 5.11 Å². The summed E-state index contributed by atoms with van der Waals surface area (Å²) >= 11 is 4.01. The highest BCUT2D eigenvalue weighted by Gasteiger charge is 2.26. The summed E-state index contributed by atoms with van der Waals surface area (Å²) in [4.78, 5) is 14.9. The SMILES string of the molecule is O=c1cc(O)nc(S)n1C1CC1. The van der Waals surface area contributed by atoms with E-state index in [0.717, 1.165) is 18.9 Å². The van der Waals surface area contributed by atoms with Crippen LogP contribution in [0.1, 0.15) is 18.9 Å². The van der Waals surface area contributed by atoms with Crippen LogP contribution in [-0.4, -0.2) is 14.7 Å². The molecule has 1 aliphatic rings. The Morgan fingerprint density at radius 2 is 2.33 bits per heavy atom. The normalized spacial score (nSPS) is 16.4. The van der Waals surface area contributed by atoms with Gasteiger partial charge in [0.25, 0.3) is 5.56 Å². The first kappa shape index (κ1) is 7.67. The molecule has 1 aromatic rings. The molecule has 12 heavy (non-hydrogen) atoms. The predicted molar refractivity (Wildman–Crippen MR) is 45.7 cm³/mol. The first-order valence-electron chi connectivity index (χ1n) is 3.70. The second-order valence-electron chi connectivity index (χ2n) is 2.85. The third kappa shape index (κ3) is 1.20. The van der Waals surface area contributed by atoms with Crippen LogP contribution in [0.2, 0.25) is 0 Å². The van der Waals surface area contributed by atoms with Crippen molar-refractivity contribution in [1.29, 1.82) is 0 Å². The maximum atomic E-state index is 11.3. The molecule has 1 saturated carbocycles. The highest BCUT2D eigenvalue weighted by molar-refractivity contribution is 7.80. The Kier molecular flexibility index (Phi) is 1.61. The van der Waals surface area contributed by atoms with Crippen molar-refractivity contribution in [2.24, 2.45) is 0 Å². The molecule has 1 N–H and O–H groups in total. The number of thiol groups is 1. The lowest BCUT2D eigenvalue weighted by molar-refractivity contribution is 0.433. The van der Waals surface area contributed by atoms with Gasteiger partial charge in [-0.25, -0.2) is 0 Å². The van der Waals surface area contributed by atoms with Crippen LogP contribution in [-0.2, 0) is 0 Å². The second kappa shape index (κ2) is 2.52. The molecule has 1 aromatic heterocycles. The average Bonchev–Trinajstić information content (AvgIpc) is 2.68. The zero-order chi connectivity index (χ0) is 8.72. The minimum Gasteiger partial charge on any atom is -0.493 e. The topological polar surface area (TPSA) is 55.1 Å². The Labute approximate surface area is 74.3 Å². The Morgan fingerprint density at radius 3 is 2.83 bits per heavy atom. The molecule has 0 saturated heterocycles. The Bertz CT molecular complexity index is 370. The molecule has 2 rings (SSSR count). The Morgan fingerprint density at radius 1 is 1.67 bits per heavy atom. The van der Waals surface area contributed by atoms with E-state index < -0.39 is 0 Å². The van der Waals surface area contributed by atoms with Crippen molar-refractivity contribution in [2.45, 2.75) is 24.0 Å². The van der Waals surface area contributed by atoms with Crippen LogP contribution in [0, 0.1) is 0 Å². The van der Waals surface area contributed by atoms with Crippen LogP contribution in [0.15, 0.2) is 16.0 Å². The minimum absolute atomic E-state index is 0.227. The lowest BCUT2D eigenvalue weighted by atomic mass is 10.5. The molecule has 1 heterocycles. The number of nitrogens with zero attached hydrogens (tertiary/aromatic N) is 2. The zero-order valence-corrected chi connectivity index (χ0v) is 7.16. The average molecular weight is 184 g/mol. The number of hydrogen-bond donors (Lipinski definition) is 2. The maximum Gasteiger partial charge on any atom is 0.258 e. The van der Waals surface area contributed by atoms with Gasteiger partial charge in [0, 0.05) is 6.04 Å². The van der Waals surface area contributed by atoms with E-state index in [0.29, 0.717) is 5.16 Å². The molecule has 0 radical (unpaired) electrons. The van der Waals surface area contributed by atoms with E-state index >= 15 is 0 Å². The van der Waals surface area contributed by atoms with Crippen molar-refractivity contribution in [1.82, 2.24) is 9.55 Å². The van der Waals surface area contributed by atoms with Gasteiger partial charge in [-0.05, 0) is 12.8 Å². The van der Waals surface area contributed by atoms with E-state index in [4.69, 9.17) is 5.11 Å². The van der Waals surface area contributed by atoms with Crippen molar-refractivity contribution >= 4 is 12.6 Å². The zero-order valence-electron chi connectivity index (χ0n) is 6.27. The van der Waals surface area contributed by atoms with E-state index in [9.17, 15) is 4.79 Å².